The van der Waals surface area contributed by atoms with Gasteiger partial charge in [0.25, 0.3) is 5.91 Å². The molecule has 0 saturated heterocycles. The van der Waals surface area contributed by atoms with Crippen LogP contribution in [0.1, 0.15) is 43.9 Å². The van der Waals surface area contributed by atoms with Gasteiger partial charge in [0.05, 0.1) is 0 Å². The summed E-state index contributed by atoms with van der Waals surface area (Å²) >= 11 is 0. The molecule has 0 aliphatic carbocycles. The molecule has 5 heteroatoms. The van der Waals surface area contributed by atoms with Crippen molar-refractivity contribution in [2.24, 2.45) is 0 Å². The number of aryl methyl sites for hydroxylation is 2. The first-order valence-corrected chi connectivity index (χ1v) is 10.2. The molecule has 0 aliphatic heterocycles. The number of carbonyl (C=O) groups is 2. The molecule has 2 rings (SSSR count). The summed E-state index contributed by atoms with van der Waals surface area (Å²) in [5.41, 5.74) is 3.25. The normalized spacial score (nSPS) is 12.7. The van der Waals surface area contributed by atoms with Crippen molar-refractivity contribution in [2.45, 2.75) is 59.7 Å². The molecule has 0 unspecified atom stereocenters. The number of nitrogens with zero attached hydrogens (tertiary/aromatic N) is 1. The van der Waals surface area contributed by atoms with Crippen molar-refractivity contribution in [3.05, 3.63) is 65.2 Å². The predicted octanol–water partition coefficient (Wildman–Crippen LogP) is 4.01. The molecular formula is C24H32N2O3. The molecule has 156 valence electrons. The monoisotopic (exact) mass is 396 g/mol. The van der Waals surface area contributed by atoms with Crippen LogP contribution in [0.2, 0.25) is 0 Å². The third-order valence-corrected chi connectivity index (χ3v) is 5.20. The lowest BCUT2D eigenvalue weighted by Gasteiger charge is -2.29. The van der Waals surface area contributed by atoms with E-state index in [1.54, 1.807) is 11.8 Å². The highest BCUT2D eigenvalue weighted by Gasteiger charge is 2.27. The molecule has 2 amide bonds. The van der Waals surface area contributed by atoms with Crippen LogP contribution in [0.3, 0.4) is 0 Å². The largest absolute Gasteiger partial charge is 0.484 e. The van der Waals surface area contributed by atoms with Crippen LogP contribution in [-0.4, -0.2) is 35.4 Å². The van der Waals surface area contributed by atoms with Gasteiger partial charge in [0.2, 0.25) is 5.91 Å². The fourth-order valence-electron chi connectivity index (χ4n) is 2.86. The minimum absolute atomic E-state index is 0.0606. The van der Waals surface area contributed by atoms with E-state index in [9.17, 15) is 9.59 Å². The average molecular weight is 397 g/mol. The van der Waals surface area contributed by atoms with Gasteiger partial charge in [0.1, 0.15) is 11.8 Å². The van der Waals surface area contributed by atoms with Gasteiger partial charge in [-0.1, -0.05) is 43.3 Å². The van der Waals surface area contributed by atoms with Gasteiger partial charge < -0.3 is 15.0 Å². The Labute approximate surface area is 174 Å². The highest BCUT2D eigenvalue weighted by molar-refractivity contribution is 5.88. The van der Waals surface area contributed by atoms with E-state index >= 15 is 0 Å². The van der Waals surface area contributed by atoms with Gasteiger partial charge in [-0.2, -0.15) is 0 Å². The van der Waals surface area contributed by atoms with Crippen LogP contribution in [0.5, 0.6) is 5.75 Å². The Morgan fingerprint density at radius 1 is 1.03 bits per heavy atom. The molecule has 2 atom stereocenters. The highest BCUT2D eigenvalue weighted by Crippen LogP contribution is 2.17. The van der Waals surface area contributed by atoms with Crippen molar-refractivity contribution >= 4 is 11.8 Å². The third-order valence-electron chi connectivity index (χ3n) is 5.20. The molecule has 2 aromatic carbocycles. The molecule has 2 aromatic rings. The molecular weight excluding hydrogens is 364 g/mol. The molecule has 1 N–H and O–H groups in total. The van der Waals surface area contributed by atoms with Crippen molar-refractivity contribution in [1.29, 1.82) is 0 Å². The quantitative estimate of drug-likeness (QED) is 0.697. The van der Waals surface area contributed by atoms with Gasteiger partial charge in [-0.3, -0.25) is 9.59 Å². The number of hydrogen-bond acceptors (Lipinski definition) is 3. The highest BCUT2D eigenvalue weighted by atomic mass is 16.5. The van der Waals surface area contributed by atoms with Gasteiger partial charge >= 0.3 is 0 Å². The van der Waals surface area contributed by atoms with E-state index in [-0.39, 0.29) is 24.5 Å². The van der Waals surface area contributed by atoms with Crippen molar-refractivity contribution in [2.75, 3.05) is 6.61 Å². The molecule has 0 saturated carbocycles. The van der Waals surface area contributed by atoms with E-state index in [0.717, 1.165) is 17.5 Å². The second-order valence-electron chi connectivity index (χ2n) is 7.54. The summed E-state index contributed by atoms with van der Waals surface area (Å²) < 4.78 is 5.73. The second kappa shape index (κ2) is 10.6. The van der Waals surface area contributed by atoms with Crippen LogP contribution in [-0.2, 0) is 16.1 Å². The smallest absolute Gasteiger partial charge is 0.261 e. The van der Waals surface area contributed by atoms with Crippen LogP contribution >= 0.6 is 0 Å². The Hall–Kier alpha value is -2.82. The summed E-state index contributed by atoms with van der Waals surface area (Å²) in [6.45, 7) is 10.0. The summed E-state index contributed by atoms with van der Waals surface area (Å²) in [7, 11) is 0. The van der Waals surface area contributed by atoms with E-state index in [2.05, 4.69) is 5.32 Å². The summed E-state index contributed by atoms with van der Waals surface area (Å²) in [4.78, 5) is 27.2. The lowest BCUT2D eigenvalue weighted by molar-refractivity contribution is -0.142. The minimum atomic E-state index is -0.597. The number of amides is 2. The zero-order chi connectivity index (χ0) is 21.4. The maximum Gasteiger partial charge on any atom is 0.261 e. The molecule has 5 nitrogen and oxygen atoms in total. The van der Waals surface area contributed by atoms with E-state index < -0.39 is 6.04 Å². The third kappa shape index (κ3) is 6.63. The van der Waals surface area contributed by atoms with Gasteiger partial charge in [0.15, 0.2) is 6.61 Å². The molecule has 29 heavy (non-hydrogen) atoms. The molecule has 0 heterocycles. The zero-order valence-corrected chi connectivity index (χ0v) is 18.1. The summed E-state index contributed by atoms with van der Waals surface area (Å²) in [6.07, 6.45) is 0.834. The van der Waals surface area contributed by atoms with Crippen LogP contribution in [0.15, 0.2) is 48.5 Å². The first-order valence-electron chi connectivity index (χ1n) is 10.2. The minimum Gasteiger partial charge on any atom is -0.484 e. The number of nitrogens with one attached hydrogen (secondary N) is 1. The lowest BCUT2D eigenvalue weighted by atomic mass is 10.1. The van der Waals surface area contributed by atoms with E-state index in [1.165, 1.54) is 5.56 Å². The van der Waals surface area contributed by atoms with Gasteiger partial charge in [0, 0.05) is 12.6 Å². The van der Waals surface area contributed by atoms with E-state index in [1.807, 2.05) is 76.2 Å². The number of hydrogen-bond donors (Lipinski definition) is 1. The van der Waals surface area contributed by atoms with Crippen molar-refractivity contribution in [3.63, 3.8) is 0 Å². The maximum absolute atomic E-state index is 13.0. The molecule has 0 aliphatic rings. The van der Waals surface area contributed by atoms with Crippen molar-refractivity contribution in [1.82, 2.24) is 10.2 Å². The maximum atomic E-state index is 13.0. The summed E-state index contributed by atoms with van der Waals surface area (Å²) in [5.74, 6) is 0.270. The number of carbonyl (C=O) groups excluding carboxylic acids is 2. The average Bonchev–Trinajstić information content (AvgIpc) is 2.72. The fourth-order valence-corrected chi connectivity index (χ4v) is 2.86. The Kier molecular flexibility index (Phi) is 8.25. The molecule has 0 bridgehead atoms. The summed E-state index contributed by atoms with van der Waals surface area (Å²) in [5, 5.41) is 2.96. The van der Waals surface area contributed by atoms with Crippen LogP contribution in [0, 0.1) is 13.8 Å². The Morgan fingerprint density at radius 3 is 2.34 bits per heavy atom. The SMILES string of the molecule is CC[C@@H](C)NC(=O)[C@H](C)N(Cc1ccccc1)C(=O)COc1ccc(C)c(C)c1. The molecule has 0 aromatic heterocycles. The molecule has 0 spiro atoms. The Balaban J connectivity index is 2.12. The standard InChI is InChI=1S/C24H32N2O3/c1-6-19(4)25-24(28)20(5)26(15-21-10-8-7-9-11-21)23(27)16-29-22-13-12-17(2)18(3)14-22/h7-14,19-20H,6,15-16H2,1-5H3,(H,25,28)/t19-,20+/m1/s1. The van der Waals surface area contributed by atoms with Crippen LogP contribution in [0.25, 0.3) is 0 Å². The fraction of sp³-hybridized carbons (Fsp3) is 0.417. The van der Waals surface area contributed by atoms with Crippen LogP contribution in [0.4, 0.5) is 0 Å². The first-order chi connectivity index (χ1) is 13.8. The van der Waals surface area contributed by atoms with E-state index in [0.29, 0.717) is 12.3 Å². The second-order valence-corrected chi connectivity index (χ2v) is 7.54. The predicted molar refractivity (Wildman–Crippen MR) is 116 cm³/mol. The number of rotatable bonds is 9. The van der Waals surface area contributed by atoms with Crippen molar-refractivity contribution < 1.29 is 14.3 Å². The van der Waals surface area contributed by atoms with Gasteiger partial charge in [-0.05, 0) is 62.9 Å². The zero-order valence-electron chi connectivity index (χ0n) is 18.1. The van der Waals surface area contributed by atoms with Gasteiger partial charge in [-0.15, -0.1) is 0 Å². The van der Waals surface area contributed by atoms with E-state index in [4.69, 9.17) is 4.74 Å². The topological polar surface area (TPSA) is 58.6 Å². The Morgan fingerprint density at radius 2 is 1.72 bits per heavy atom. The Bertz CT molecular complexity index is 820. The van der Waals surface area contributed by atoms with Crippen LogP contribution < -0.4 is 10.1 Å². The number of benzene rings is 2. The van der Waals surface area contributed by atoms with Gasteiger partial charge in [-0.25, -0.2) is 0 Å². The number of ether oxygens (including phenoxy) is 1. The summed E-state index contributed by atoms with van der Waals surface area (Å²) in [6, 6.07) is 14.9. The molecule has 0 radical (unpaired) electrons. The first kappa shape index (κ1) is 22.5. The molecule has 0 fully saturated rings. The lowest BCUT2D eigenvalue weighted by Crippen LogP contribution is -2.50. The van der Waals surface area contributed by atoms with Crippen molar-refractivity contribution in [3.8, 4) is 5.75 Å².